The van der Waals surface area contributed by atoms with Gasteiger partial charge in [0.1, 0.15) is 11.6 Å². The Bertz CT molecular complexity index is 1640. The Kier molecular flexibility index (Phi) is 9.30. The van der Waals surface area contributed by atoms with Crippen molar-refractivity contribution in [2.45, 2.75) is 18.1 Å². The van der Waals surface area contributed by atoms with Gasteiger partial charge < -0.3 is 20.5 Å². The predicted molar refractivity (Wildman–Crippen MR) is 163 cm³/mol. The highest BCUT2D eigenvalue weighted by Gasteiger charge is 2.35. The molecule has 3 atom stereocenters. The molecule has 0 unspecified atom stereocenters. The van der Waals surface area contributed by atoms with Gasteiger partial charge in [0, 0.05) is 35.9 Å². The number of amides is 1. The number of aliphatic hydroxyl groups is 1. The molecule has 2 aromatic heterocycles. The molecule has 3 aromatic carbocycles. The van der Waals surface area contributed by atoms with E-state index in [1.807, 2.05) is 78.9 Å². The number of hydrogen-bond acceptors (Lipinski definition) is 8. The number of carbonyl (C=O) groups is 1. The molecule has 1 amide bonds. The van der Waals surface area contributed by atoms with E-state index in [0.717, 1.165) is 0 Å². The molecule has 0 aliphatic carbocycles. The van der Waals surface area contributed by atoms with Gasteiger partial charge in [-0.1, -0.05) is 60.7 Å². The zero-order valence-corrected chi connectivity index (χ0v) is 23.0. The number of rotatable bonds is 12. The van der Waals surface area contributed by atoms with E-state index < -0.39 is 28.9 Å². The fourth-order valence-electron chi connectivity index (χ4n) is 4.80. The molecule has 3 N–H and O–H groups in total. The summed E-state index contributed by atoms with van der Waals surface area (Å²) in [6.07, 6.45) is 2.39. The van der Waals surface area contributed by atoms with E-state index in [4.69, 9.17) is 4.74 Å². The molecule has 2 heterocycles. The van der Waals surface area contributed by atoms with Crippen LogP contribution in [-0.2, 0) is 4.79 Å². The van der Waals surface area contributed by atoms with E-state index in [1.54, 1.807) is 24.5 Å². The summed E-state index contributed by atoms with van der Waals surface area (Å²) in [5.41, 5.74) is 2.49. The van der Waals surface area contributed by atoms with E-state index in [2.05, 4.69) is 20.6 Å². The first-order valence-electron chi connectivity index (χ1n) is 13.6. The van der Waals surface area contributed by atoms with Gasteiger partial charge in [-0.05, 0) is 53.6 Å². The van der Waals surface area contributed by atoms with Crippen LogP contribution in [0.5, 0.6) is 5.75 Å². The molecule has 0 saturated carbocycles. The second-order valence-electron chi connectivity index (χ2n) is 9.65. The van der Waals surface area contributed by atoms with E-state index in [9.17, 15) is 20.0 Å². The molecule has 0 radical (unpaired) electrons. The number of pyridine rings is 2. The van der Waals surface area contributed by atoms with Crippen molar-refractivity contribution >= 4 is 23.1 Å². The maximum Gasteiger partial charge on any atom is 0.269 e. The zero-order valence-electron chi connectivity index (χ0n) is 23.0. The van der Waals surface area contributed by atoms with Crippen LogP contribution in [0.2, 0.25) is 0 Å². The molecular weight excluding hydrogens is 546 g/mol. The number of aliphatic hydroxyl groups excluding tert-OH is 1. The molecule has 10 heteroatoms. The molecule has 0 aliphatic rings. The third-order valence-electron chi connectivity index (χ3n) is 6.83. The molecule has 0 aliphatic heterocycles. The van der Waals surface area contributed by atoms with Gasteiger partial charge in [-0.15, -0.1) is 0 Å². The summed E-state index contributed by atoms with van der Waals surface area (Å²) in [5.74, 6) is -0.123. The first-order valence-corrected chi connectivity index (χ1v) is 13.6. The number of anilines is 2. The lowest BCUT2D eigenvalue weighted by atomic mass is 9.82. The monoisotopic (exact) mass is 575 g/mol. The standard InChI is InChI=1S/C33H29N5O5/c39-30(22-43-25-18-16-24(17-19-25)38(41)42)36-27-13-5-4-12-26(27)32(37-29-15-7-9-21-35-29)31(28-14-6-8-20-34-28)33(40)23-10-2-1-3-11-23/h1-21,31-33,40H,22H2,(H,35,37)(H,36,39)/t31-,32+,33+/m0/s1. The average molecular weight is 576 g/mol. The highest BCUT2D eigenvalue weighted by Crippen LogP contribution is 2.43. The van der Waals surface area contributed by atoms with Crippen LogP contribution in [-0.4, -0.2) is 32.5 Å². The Balaban J connectivity index is 1.48. The van der Waals surface area contributed by atoms with Crippen LogP contribution in [0.4, 0.5) is 17.2 Å². The molecule has 0 saturated heterocycles. The second-order valence-corrected chi connectivity index (χ2v) is 9.65. The number of nitro groups is 1. The second kappa shape index (κ2) is 13.8. The Morgan fingerprint density at radius 2 is 1.51 bits per heavy atom. The molecule has 216 valence electrons. The van der Waals surface area contributed by atoms with E-state index in [-0.39, 0.29) is 12.3 Å². The van der Waals surface area contributed by atoms with Gasteiger partial charge in [0.15, 0.2) is 6.61 Å². The lowest BCUT2D eigenvalue weighted by Crippen LogP contribution is -2.28. The van der Waals surface area contributed by atoms with Crippen LogP contribution >= 0.6 is 0 Å². The van der Waals surface area contributed by atoms with Crippen LogP contribution in [0.15, 0.2) is 128 Å². The van der Waals surface area contributed by atoms with Gasteiger partial charge in [0.2, 0.25) is 0 Å². The first-order chi connectivity index (χ1) is 21.0. The van der Waals surface area contributed by atoms with Crippen molar-refractivity contribution in [3.8, 4) is 5.75 Å². The minimum Gasteiger partial charge on any atom is -0.484 e. The lowest BCUT2D eigenvalue weighted by molar-refractivity contribution is -0.384. The predicted octanol–water partition coefficient (Wildman–Crippen LogP) is 6.07. The van der Waals surface area contributed by atoms with Crippen molar-refractivity contribution in [2.75, 3.05) is 17.2 Å². The fraction of sp³-hybridized carbons (Fsp3) is 0.121. The van der Waals surface area contributed by atoms with Crippen molar-refractivity contribution in [2.24, 2.45) is 0 Å². The number of carbonyl (C=O) groups excluding carboxylic acids is 1. The van der Waals surface area contributed by atoms with Gasteiger partial charge in [-0.2, -0.15) is 0 Å². The molecule has 0 spiro atoms. The maximum absolute atomic E-state index is 13.1. The van der Waals surface area contributed by atoms with Gasteiger partial charge in [0.05, 0.1) is 23.0 Å². The Hall–Kier alpha value is -5.61. The summed E-state index contributed by atoms with van der Waals surface area (Å²) in [6.45, 7) is -0.319. The minimum absolute atomic E-state index is 0.0719. The summed E-state index contributed by atoms with van der Waals surface area (Å²) in [5, 5.41) is 29.2. The summed E-state index contributed by atoms with van der Waals surface area (Å²) in [4.78, 5) is 32.5. The number of hydrogen-bond donors (Lipinski definition) is 3. The van der Waals surface area contributed by atoms with Crippen molar-refractivity contribution < 1.29 is 19.6 Å². The topological polar surface area (TPSA) is 140 Å². The lowest BCUT2D eigenvalue weighted by Gasteiger charge is -2.33. The van der Waals surface area contributed by atoms with Gasteiger partial charge in [-0.3, -0.25) is 19.9 Å². The fourth-order valence-corrected chi connectivity index (χ4v) is 4.80. The van der Waals surface area contributed by atoms with Gasteiger partial charge in [0.25, 0.3) is 11.6 Å². The molecule has 43 heavy (non-hydrogen) atoms. The summed E-state index contributed by atoms with van der Waals surface area (Å²) < 4.78 is 5.57. The van der Waals surface area contributed by atoms with Gasteiger partial charge >= 0.3 is 0 Å². The summed E-state index contributed by atoms with van der Waals surface area (Å²) in [7, 11) is 0. The smallest absolute Gasteiger partial charge is 0.269 e. The highest BCUT2D eigenvalue weighted by molar-refractivity contribution is 5.92. The Morgan fingerprint density at radius 1 is 0.837 bits per heavy atom. The molecule has 10 nitrogen and oxygen atoms in total. The number of ether oxygens (including phenoxy) is 1. The number of benzene rings is 3. The van der Waals surface area contributed by atoms with Crippen LogP contribution in [0, 0.1) is 10.1 Å². The largest absolute Gasteiger partial charge is 0.484 e. The third kappa shape index (κ3) is 7.38. The van der Waals surface area contributed by atoms with Crippen LogP contribution in [0.3, 0.4) is 0 Å². The molecule has 0 fully saturated rings. The molecule has 5 rings (SSSR count). The van der Waals surface area contributed by atoms with Crippen LogP contribution < -0.4 is 15.4 Å². The first kappa shape index (κ1) is 28.9. The van der Waals surface area contributed by atoms with Crippen molar-refractivity contribution in [1.29, 1.82) is 0 Å². The average Bonchev–Trinajstić information content (AvgIpc) is 3.05. The summed E-state index contributed by atoms with van der Waals surface area (Å²) in [6, 6.07) is 32.6. The van der Waals surface area contributed by atoms with Crippen molar-refractivity contribution in [3.05, 3.63) is 155 Å². The van der Waals surface area contributed by atoms with E-state index in [0.29, 0.717) is 34.1 Å². The Labute approximate surface area is 248 Å². The Morgan fingerprint density at radius 3 is 2.19 bits per heavy atom. The highest BCUT2D eigenvalue weighted by atomic mass is 16.6. The number of nitrogens with one attached hydrogen (secondary N) is 2. The maximum atomic E-state index is 13.1. The number of nitrogens with zero attached hydrogens (tertiary/aromatic N) is 3. The number of para-hydroxylation sites is 1. The number of aromatic nitrogens is 2. The quantitative estimate of drug-likeness (QED) is 0.120. The van der Waals surface area contributed by atoms with E-state index >= 15 is 0 Å². The van der Waals surface area contributed by atoms with Crippen LogP contribution in [0.25, 0.3) is 0 Å². The van der Waals surface area contributed by atoms with Crippen molar-refractivity contribution in [3.63, 3.8) is 0 Å². The van der Waals surface area contributed by atoms with Gasteiger partial charge in [-0.25, -0.2) is 4.98 Å². The molecular formula is C33H29N5O5. The van der Waals surface area contributed by atoms with Crippen LogP contribution in [0.1, 0.15) is 34.9 Å². The summed E-state index contributed by atoms with van der Waals surface area (Å²) >= 11 is 0. The van der Waals surface area contributed by atoms with E-state index in [1.165, 1.54) is 24.3 Å². The minimum atomic E-state index is -0.966. The SMILES string of the molecule is O=C(COc1ccc([N+](=O)[O-])cc1)Nc1ccccc1[C@@H](Nc1ccccn1)[C@H](c1ccccn1)[C@H](O)c1ccccc1. The number of non-ortho nitro benzene ring substituents is 1. The normalized spacial score (nSPS) is 12.9. The molecule has 5 aromatic rings. The zero-order chi connectivity index (χ0) is 30.0. The third-order valence-corrected chi connectivity index (χ3v) is 6.83. The van der Waals surface area contributed by atoms with Crippen molar-refractivity contribution in [1.82, 2.24) is 9.97 Å². The molecule has 0 bridgehead atoms. The number of nitro benzene ring substituents is 1.